The molecule has 7 nitrogen and oxygen atoms in total. The molecule has 0 spiro atoms. The fraction of sp³-hybridized carbons (Fsp3) is 0.357. The Labute approximate surface area is 221 Å². The Morgan fingerprint density at radius 3 is 2.61 bits per heavy atom. The number of imidazole rings is 1. The fourth-order valence-electron chi connectivity index (χ4n) is 4.60. The molecule has 0 radical (unpaired) electrons. The van der Waals surface area contributed by atoms with E-state index in [2.05, 4.69) is 36.4 Å². The first kappa shape index (κ1) is 24.7. The number of nitrogens with one attached hydrogen (secondary N) is 2. The average molecular weight is 550 g/mol. The summed E-state index contributed by atoms with van der Waals surface area (Å²) in [5, 5.41) is 6.91. The molecule has 2 aromatic carbocycles. The van der Waals surface area contributed by atoms with Crippen LogP contribution < -0.4 is 15.4 Å². The quantitative estimate of drug-likeness (QED) is 0.229. The second-order valence-electron chi connectivity index (χ2n) is 9.29. The predicted molar refractivity (Wildman–Crippen MR) is 149 cm³/mol. The number of piperidine rings is 1. The molecule has 36 heavy (non-hydrogen) atoms. The van der Waals surface area contributed by atoms with E-state index in [0.29, 0.717) is 0 Å². The number of rotatable bonds is 10. The van der Waals surface area contributed by atoms with Crippen molar-refractivity contribution >= 4 is 38.6 Å². The largest absolute Gasteiger partial charge is 0.457 e. The number of aromatic nitrogens is 3. The van der Waals surface area contributed by atoms with Gasteiger partial charge in [-0.25, -0.2) is 4.98 Å². The summed E-state index contributed by atoms with van der Waals surface area (Å²) in [4.78, 5) is 11.9. The van der Waals surface area contributed by atoms with Crippen molar-refractivity contribution in [3.05, 3.63) is 71.0 Å². The van der Waals surface area contributed by atoms with Crippen LogP contribution >= 0.6 is 15.9 Å². The molecule has 1 aliphatic rings. The van der Waals surface area contributed by atoms with Crippen LogP contribution in [0.2, 0.25) is 0 Å². The van der Waals surface area contributed by atoms with E-state index in [1.807, 2.05) is 66.2 Å². The molecule has 2 N–H and O–H groups in total. The second kappa shape index (κ2) is 11.9. The average Bonchev–Trinajstić information content (AvgIpc) is 3.20. The van der Waals surface area contributed by atoms with Crippen LogP contribution in [0.1, 0.15) is 31.4 Å². The third-order valence-electron chi connectivity index (χ3n) is 6.56. The van der Waals surface area contributed by atoms with Gasteiger partial charge in [-0.2, -0.15) is 0 Å². The van der Waals surface area contributed by atoms with Crippen molar-refractivity contribution < 1.29 is 4.74 Å². The third kappa shape index (κ3) is 6.43. The molecule has 0 unspecified atom stereocenters. The van der Waals surface area contributed by atoms with Crippen LogP contribution in [0.3, 0.4) is 0 Å². The minimum absolute atomic E-state index is 0.738. The summed E-state index contributed by atoms with van der Waals surface area (Å²) in [6.45, 7) is 5.43. The lowest BCUT2D eigenvalue weighted by atomic mass is 10.1. The number of ether oxygens (including phenoxy) is 1. The van der Waals surface area contributed by atoms with Crippen LogP contribution in [0.25, 0.3) is 11.0 Å². The van der Waals surface area contributed by atoms with E-state index in [4.69, 9.17) is 9.72 Å². The van der Waals surface area contributed by atoms with E-state index in [-0.39, 0.29) is 0 Å². The highest BCUT2D eigenvalue weighted by molar-refractivity contribution is 9.10. The Morgan fingerprint density at radius 2 is 1.78 bits per heavy atom. The van der Waals surface area contributed by atoms with E-state index in [0.717, 1.165) is 57.4 Å². The lowest BCUT2D eigenvalue weighted by Crippen LogP contribution is -2.32. The summed E-state index contributed by atoms with van der Waals surface area (Å²) in [5.74, 6) is 2.31. The number of fused-ring (bicyclic) bond motifs is 1. The number of hydrogen-bond donors (Lipinski definition) is 2. The van der Waals surface area contributed by atoms with E-state index in [1.165, 1.54) is 45.3 Å². The first-order valence-corrected chi connectivity index (χ1v) is 13.5. The minimum Gasteiger partial charge on any atom is -0.457 e. The van der Waals surface area contributed by atoms with Crippen molar-refractivity contribution in [2.75, 3.05) is 31.5 Å². The summed E-state index contributed by atoms with van der Waals surface area (Å²) in [5.41, 5.74) is 3.87. The summed E-state index contributed by atoms with van der Waals surface area (Å²) in [6.07, 6.45) is 7.06. The maximum absolute atomic E-state index is 6.17. The molecule has 0 atom stereocenters. The van der Waals surface area contributed by atoms with E-state index in [9.17, 15) is 0 Å². The Kier molecular flexibility index (Phi) is 8.15. The summed E-state index contributed by atoms with van der Waals surface area (Å²) in [7, 11) is 2.01. The Balaban J connectivity index is 1.17. The van der Waals surface area contributed by atoms with Crippen molar-refractivity contribution in [1.29, 1.82) is 0 Å². The van der Waals surface area contributed by atoms with Gasteiger partial charge < -0.3 is 24.8 Å². The van der Waals surface area contributed by atoms with Crippen molar-refractivity contribution in [2.45, 2.75) is 32.2 Å². The van der Waals surface area contributed by atoms with E-state index >= 15 is 0 Å². The highest BCUT2D eigenvalue weighted by atomic mass is 79.9. The molecule has 5 rings (SSSR count). The van der Waals surface area contributed by atoms with Crippen LogP contribution in [0.15, 0.2) is 65.3 Å². The van der Waals surface area contributed by atoms with Gasteiger partial charge in [0.15, 0.2) is 0 Å². The number of pyridine rings is 1. The van der Waals surface area contributed by atoms with Crippen LogP contribution in [-0.2, 0) is 13.6 Å². The van der Waals surface area contributed by atoms with Gasteiger partial charge >= 0.3 is 0 Å². The second-order valence-corrected chi connectivity index (χ2v) is 10.2. The summed E-state index contributed by atoms with van der Waals surface area (Å²) in [6, 6.07) is 17.9. The highest BCUT2D eigenvalue weighted by Crippen LogP contribution is 2.28. The molecule has 8 heteroatoms. The van der Waals surface area contributed by atoms with Crippen molar-refractivity contribution in [1.82, 2.24) is 24.8 Å². The van der Waals surface area contributed by atoms with Gasteiger partial charge in [0.05, 0.1) is 16.7 Å². The summed E-state index contributed by atoms with van der Waals surface area (Å²) >= 11 is 3.47. The zero-order valence-corrected chi connectivity index (χ0v) is 22.3. The van der Waals surface area contributed by atoms with E-state index in [1.54, 1.807) is 6.20 Å². The SMILES string of the molecule is Cn1c(Nc2ccc(Br)cc2)nc2cc(Oc3ccnc(CNCCCN4CCCCC4)c3)ccc21. The first-order chi connectivity index (χ1) is 17.6. The molecule has 3 heterocycles. The number of hydrogen-bond acceptors (Lipinski definition) is 6. The maximum Gasteiger partial charge on any atom is 0.208 e. The molecule has 1 aliphatic heterocycles. The molecule has 0 aliphatic carbocycles. The van der Waals surface area contributed by atoms with Gasteiger partial charge in [-0.1, -0.05) is 22.4 Å². The Morgan fingerprint density at radius 1 is 0.972 bits per heavy atom. The molecule has 0 saturated carbocycles. The van der Waals surface area contributed by atoms with Crippen LogP contribution in [0, 0.1) is 0 Å². The number of benzene rings is 2. The van der Waals surface area contributed by atoms with Gasteiger partial charge in [0.2, 0.25) is 5.95 Å². The van der Waals surface area contributed by atoms with Gasteiger partial charge in [0.25, 0.3) is 0 Å². The number of nitrogens with zero attached hydrogens (tertiary/aromatic N) is 4. The summed E-state index contributed by atoms with van der Waals surface area (Å²) < 4.78 is 9.25. The molecule has 4 aromatic rings. The fourth-order valence-corrected chi connectivity index (χ4v) is 4.86. The van der Waals surface area contributed by atoms with Crippen molar-refractivity contribution in [3.63, 3.8) is 0 Å². The molecule has 1 fully saturated rings. The number of aryl methyl sites for hydroxylation is 1. The van der Waals surface area contributed by atoms with E-state index < -0.39 is 0 Å². The zero-order chi connectivity index (χ0) is 24.7. The first-order valence-electron chi connectivity index (χ1n) is 12.7. The minimum atomic E-state index is 0.738. The number of halogens is 1. The Bertz CT molecular complexity index is 1280. The molecular weight excluding hydrogens is 516 g/mol. The predicted octanol–water partition coefficient (Wildman–Crippen LogP) is 6.23. The third-order valence-corrected chi connectivity index (χ3v) is 7.09. The molecule has 1 saturated heterocycles. The highest BCUT2D eigenvalue weighted by Gasteiger charge is 2.11. The standard InChI is InChI=1S/C28H33BrN6O/c1-34-27-11-10-24(19-26(27)33-28(34)32-22-8-6-21(29)7-9-22)36-25-12-14-31-23(18-25)20-30-13-5-17-35-15-3-2-4-16-35/h6-12,14,18-19,30H,2-5,13,15-17,20H2,1H3,(H,32,33). The van der Waals surface area contributed by atoms with Crippen LogP contribution in [0.4, 0.5) is 11.6 Å². The normalized spacial score (nSPS) is 14.3. The van der Waals surface area contributed by atoms with Gasteiger partial charge in [0, 0.05) is 42.1 Å². The number of anilines is 2. The molecule has 0 bridgehead atoms. The lowest BCUT2D eigenvalue weighted by Gasteiger charge is -2.26. The lowest BCUT2D eigenvalue weighted by molar-refractivity contribution is 0.225. The topological polar surface area (TPSA) is 67.2 Å². The Hall–Kier alpha value is -2.94. The van der Waals surface area contributed by atoms with Crippen LogP contribution in [-0.4, -0.2) is 45.6 Å². The van der Waals surface area contributed by atoms with Crippen molar-refractivity contribution in [3.8, 4) is 11.5 Å². The molecule has 0 amide bonds. The van der Waals surface area contributed by atoms with Gasteiger partial charge in [-0.3, -0.25) is 4.98 Å². The maximum atomic E-state index is 6.17. The number of likely N-dealkylation sites (tertiary alicyclic amines) is 1. The smallest absolute Gasteiger partial charge is 0.208 e. The van der Waals surface area contributed by atoms with Crippen molar-refractivity contribution in [2.24, 2.45) is 7.05 Å². The molecule has 188 valence electrons. The van der Waals surface area contributed by atoms with Gasteiger partial charge in [-0.05, 0) is 87.9 Å². The monoisotopic (exact) mass is 548 g/mol. The molecule has 2 aromatic heterocycles. The zero-order valence-electron chi connectivity index (χ0n) is 20.7. The molecular formula is C28H33BrN6O. The van der Waals surface area contributed by atoms with Gasteiger partial charge in [0.1, 0.15) is 11.5 Å². The van der Waals surface area contributed by atoms with Crippen LogP contribution in [0.5, 0.6) is 11.5 Å². The van der Waals surface area contributed by atoms with Gasteiger partial charge in [-0.15, -0.1) is 0 Å².